The number of urea groups is 1. The first-order valence-corrected chi connectivity index (χ1v) is 8.28. The Morgan fingerprint density at radius 3 is 2.70 bits per heavy atom. The number of aliphatic carboxylic acids is 1. The summed E-state index contributed by atoms with van der Waals surface area (Å²) in [6, 6.07) is -0.00754. The summed E-state index contributed by atoms with van der Waals surface area (Å²) in [4.78, 5) is 25.0. The van der Waals surface area contributed by atoms with E-state index in [0.717, 1.165) is 31.7 Å². The molecule has 0 aromatic heterocycles. The second-order valence-corrected chi connectivity index (χ2v) is 8.14. The molecule has 2 rings (SSSR count). The first-order valence-electron chi connectivity index (χ1n) is 7.29. The molecule has 1 saturated carbocycles. The highest BCUT2D eigenvalue weighted by Crippen LogP contribution is 2.31. The van der Waals surface area contributed by atoms with Gasteiger partial charge in [-0.25, -0.2) is 4.79 Å². The number of carbonyl (C=O) groups excluding carboxylic acids is 1. The van der Waals surface area contributed by atoms with E-state index in [2.05, 4.69) is 19.2 Å². The number of hydrogen-bond donors (Lipinski definition) is 2. The zero-order valence-corrected chi connectivity index (χ0v) is 13.0. The highest BCUT2D eigenvalue weighted by atomic mass is 32.2. The van der Waals surface area contributed by atoms with Gasteiger partial charge in [0.05, 0.1) is 5.92 Å². The molecule has 1 saturated heterocycles. The van der Waals surface area contributed by atoms with Crippen molar-refractivity contribution in [2.75, 3.05) is 18.8 Å². The Bertz CT molecular complexity index is 387. The second-order valence-electron chi connectivity index (χ2n) is 6.34. The van der Waals surface area contributed by atoms with Crippen molar-refractivity contribution < 1.29 is 14.7 Å². The third kappa shape index (κ3) is 4.04. The van der Waals surface area contributed by atoms with Crippen molar-refractivity contribution in [2.24, 2.45) is 5.92 Å². The third-order valence-corrected chi connectivity index (χ3v) is 5.61. The van der Waals surface area contributed by atoms with Gasteiger partial charge in [-0.2, -0.15) is 11.8 Å². The van der Waals surface area contributed by atoms with E-state index in [9.17, 15) is 9.59 Å². The second kappa shape index (κ2) is 6.24. The Balaban J connectivity index is 1.82. The number of carboxylic acid groups (broad SMARTS) is 1. The number of hydrogen-bond acceptors (Lipinski definition) is 3. The van der Waals surface area contributed by atoms with Crippen LogP contribution < -0.4 is 5.32 Å². The van der Waals surface area contributed by atoms with Gasteiger partial charge < -0.3 is 15.3 Å². The topological polar surface area (TPSA) is 69.6 Å². The lowest BCUT2D eigenvalue weighted by Crippen LogP contribution is -2.45. The van der Waals surface area contributed by atoms with Gasteiger partial charge >= 0.3 is 12.0 Å². The summed E-state index contributed by atoms with van der Waals surface area (Å²) in [7, 11) is 0. The van der Waals surface area contributed by atoms with E-state index < -0.39 is 5.97 Å². The van der Waals surface area contributed by atoms with Gasteiger partial charge in [0.15, 0.2) is 0 Å². The quantitative estimate of drug-likeness (QED) is 0.820. The van der Waals surface area contributed by atoms with Crippen LogP contribution in [0.2, 0.25) is 0 Å². The maximum atomic E-state index is 12.3. The molecular formula is C14H24N2O3S. The minimum Gasteiger partial charge on any atom is -0.481 e. The van der Waals surface area contributed by atoms with Crippen molar-refractivity contribution in [1.29, 1.82) is 0 Å². The van der Waals surface area contributed by atoms with Gasteiger partial charge in [-0.3, -0.25) is 4.79 Å². The highest BCUT2D eigenvalue weighted by molar-refractivity contribution is 8.00. The molecule has 0 radical (unpaired) electrons. The van der Waals surface area contributed by atoms with E-state index in [0.29, 0.717) is 12.8 Å². The van der Waals surface area contributed by atoms with Crippen LogP contribution in [0.15, 0.2) is 0 Å². The van der Waals surface area contributed by atoms with Crippen LogP contribution in [0.4, 0.5) is 4.79 Å². The van der Waals surface area contributed by atoms with Crippen molar-refractivity contribution in [3.63, 3.8) is 0 Å². The van der Waals surface area contributed by atoms with Crippen LogP contribution in [0.5, 0.6) is 0 Å². The van der Waals surface area contributed by atoms with E-state index in [-0.39, 0.29) is 22.7 Å². The number of amides is 2. The van der Waals surface area contributed by atoms with E-state index in [1.165, 1.54) is 0 Å². The van der Waals surface area contributed by atoms with Crippen LogP contribution in [0.3, 0.4) is 0 Å². The maximum Gasteiger partial charge on any atom is 0.317 e. The Morgan fingerprint density at radius 1 is 1.30 bits per heavy atom. The van der Waals surface area contributed by atoms with Gasteiger partial charge in [0.1, 0.15) is 0 Å². The zero-order chi connectivity index (χ0) is 14.8. The van der Waals surface area contributed by atoms with Crippen LogP contribution in [0.1, 0.15) is 39.5 Å². The Labute approximate surface area is 124 Å². The third-order valence-electron chi connectivity index (χ3n) is 4.23. The minimum atomic E-state index is -0.741. The molecule has 1 aliphatic carbocycles. The van der Waals surface area contributed by atoms with E-state index in [1.807, 2.05) is 16.7 Å². The van der Waals surface area contributed by atoms with Gasteiger partial charge in [-0.05, 0) is 25.7 Å². The lowest BCUT2D eigenvalue weighted by Gasteiger charge is -2.24. The number of carboxylic acids is 1. The molecule has 20 heavy (non-hydrogen) atoms. The molecule has 1 aliphatic heterocycles. The summed E-state index contributed by atoms with van der Waals surface area (Å²) in [5.74, 6) is -0.0726. The van der Waals surface area contributed by atoms with Gasteiger partial charge in [0, 0.05) is 29.6 Å². The molecule has 6 heteroatoms. The molecule has 2 amide bonds. The molecule has 2 unspecified atom stereocenters. The number of nitrogens with zero attached hydrogens (tertiary/aromatic N) is 1. The van der Waals surface area contributed by atoms with Gasteiger partial charge in [0.25, 0.3) is 0 Å². The van der Waals surface area contributed by atoms with Gasteiger partial charge in [-0.1, -0.05) is 13.8 Å². The summed E-state index contributed by atoms with van der Waals surface area (Å²) in [5.41, 5.74) is 0. The number of carbonyl (C=O) groups is 2. The molecule has 0 aromatic carbocycles. The predicted molar refractivity (Wildman–Crippen MR) is 80.0 cm³/mol. The molecule has 1 heterocycles. The molecule has 2 fully saturated rings. The average Bonchev–Trinajstić information content (AvgIpc) is 2.74. The lowest BCUT2D eigenvalue weighted by atomic mass is 10.1. The summed E-state index contributed by atoms with van der Waals surface area (Å²) in [6.45, 7) is 5.98. The Hall–Kier alpha value is -0.910. The maximum absolute atomic E-state index is 12.3. The van der Waals surface area contributed by atoms with Crippen molar-refractivity contribution in [3.8, 4) is 0 Å². The van der Waals surface area contributed by atoms with E-state index in [1.54, 1.807) is 0 Å². The van der Waals surface area contributed by atoms with Crippen LogP contribution in [0.25, 0.3) is 0 Å². The summed E-state index contributed by atoms with van der Waals surface area (Å²) < 4.78 is 0.233. The van der Waals surface area contributed by atoms with Crippen LogP contribution in [0, 0.1) is 5.92 Å². The fourth-order valence-electron chi connectivity index (χ4n) is 2.83. The lowest BCUT2D eigenvalue weighted by molar-refractivity contribution is -0.141. The van der Waals surface area contributed by atoms with Crippen molar-refractivity contribution >= 4 is 23.8 Å². The normalized spacial score (nSPS) is 29.8. The van der Waals surface area contributed by atoms with Crippen molar-refractivity contribution in [3.05, 3.63) is 0 Å². The molecule has 2 atom stereocenters. The highest BCUT2D eigenvalue weighted by Gasteiger charge is 2.32. The Kier molecular flexibility index (Phi) is 4.83. The molecular weight excluding hydrogens is 276 g/mol. The molecule has 114 valence electrons. The first kappa shape index (κ1) is 15.5. The number of rotatable bonds is 2. The molecule has 2 aliphatic rings. The number of thioether (sulfide) groups is 1. The fraction of sp³-hybridized carbons (Fsp3) is 0.857. The molecule has 5 nitrogen and oxygen atoms in total. The average molecular weight is 300 g/mol. The molecule has 0 aromatic rings. The van der Waals surface area contributed by atoms with Crippen LogP contribution >= 0.6 is 11.8 Å². The van der Waals surface area contributed by atoms with Gasteiger partial charge in [0.2, 0.25) is 0 Å². The molecule has 0 spiro atoms. The van der Waals surface area contributed by atoms with Crippen molar-refractivity contribution in [1.82, 2.24) is 10.2 Å². The predicted octanol–water partition coefficient (Wildman–Crippen LogP) is 2.17. The van der Waals surface area contributed by atoms with Crippen LogP contribution in [-0.4, -0.2) is 51.6 Å². The summed E-state index contributed by atoms with van der Waals surface area (Å²) in [6.07, 6.45) is 3.00. The standard InChI is InChI=1S/C14H24N2O3S/c1-14(2)5-6-16(7-8-20-14)13(19)15-11-4-3-10(9-11)12(17)18/h10-11H,3-9H2,1-2H3,(H,15,19)(H,17,18). The SMILES string of the molecule is CC1(C)CCN(C(=O)NC2CCC(C(=O)O)C2)CCS1. The summed E-state index contributed by atoms with van der Waals surface area (Å²) >= 11 is 1.91. The van der Waals surface area contributed by atoms with E-state index >= 15 is 0 Å². The minimum absolute atomic E-state index is 0.0208. The van der Waals surface area contributed by atoms with E-state index in [4.69, 9.17) is 5.11 Å². The smallest absolute Gasteiger partial charge is 0.317 e. The zero-order valence-electron chi connectivity index (χ0n) is 12.2. The molecule has 0 bridgehead atoms. The number of nitrogens with one attached hydrogen (secondary N) is 1. The summed E-state index contributed by atoms with van der Waals surface area (Å²) in [5, 5.41) is 12.0. The largest absolute Gasteiger partial charge is 0.481 e. The Morgan fingerprint density at radius 2 is 2.05 bits per heavy atom. The van der Waals surface area contributed by atoms with Crippen molar-refractivity contribution in [2.45, 2.75) is 50.3 Å². The van der Waals surface area contributed by atoms with Crippen LogP contribution in [-0.2, 0) is 4.79 Å². The first-order chi connectivity index (χ1) is 9.37. The fourth-order valence-corrected chi connectivity index (χ4v) is 3.93. The monoisotopic (exact) mass is 300 g/mol. The molecule has 2 N–H and O–H groups in total. The van der Waals surface area contributed by atoms with Gasteiger partial charge in [-0.15, -0.1) is 0 Å².